The van der Waals surface area contributed by atoms with Gasteiger partial charge in [0, 0.05) is 24.9 Å². The lowest BCUT2D eigenvalue weighted by Gasteiger charge is -2.26. The summed E-state index contributed by atoms with van der Waals surface area (Å²) in [5, 5.41) is 17.4. The number of carboxylic acids is 1. The lowest BCUT2D eigenvalue weighted by Crippen LogP contribution is -2.58. The molecular formula is C23H41N9O5. The van der Waals surface area contributed by atoms with Crippen LogP contribution in [-0.4, -0.2) is 75.4 Å². The summed E-state index contributed by atoms with van der Waals surface area (Å²) in [6.07, 6.45) is 3.62. The van der Waals surface area contributed by atoms with Crippen LogP contribution in [0.4, 0.5) is 0 Å². The monoisotopic (exact) mass is 523 g/mol. The Morgan fingerprint density at radius 2 is 1.59 bits per heavy atom. The SMILES string of the molecule is CC(C)CC(NC(=O)C(N)C(C)C)C(=O)NC(Cc1cnc[nH]1)C(=O)NC(CCCN=C(N)N)C(=O)O. The maximum absolute atomic E-state index is 13.2. The smallest absolute Gasteiger partial charge is 0.326 e. The van der Waals surface area contributed by atoms with Crippen molar-refractivity contribution in [3.8, 4) is 0 Å². The highest BCUT2D eigenvalue weighted by Gasteiger charge is 2.31. The Bertz CT molecular complexity index is 914. The molecule has 1 aromatic rings. The second-order valence-electron chi connectivity index (χ2n) is 9.65. The molecule has 14 heteroatoms. The number of nitrogens with two attached hydrogens (primary N) is 3. The van der Waals surface area contributed by atoms with Gasteiger partial charge in [-0.25, -0.2) is 9.78 Å². The molecule has 3 amide bonds. The number of nitrogens with one attached hydrogen (secondary N) is 4. The number of carbonyl (C=O) groups excluding carboxylic acids is 3. The maximum atomic E-state index is 13.2. The van der Waals surface area contributed by atoms with E-state index >= 15 is 0 Å². The second kappa shape index (κ2) is 15.4. The first-order valence-corrected chi connectivity index (χ1v) is 12.2. The van der Waals surface area contributed by atoms with Gasteiger partial charge in [0.2, 0.25) is 17.7 Å². The van der Waals surface area contributed by atoms with Crippen LogP contribution in [0.3, 0.4) is 0 Å². The van der Waals surface area contributed by atoms with Gasteiger partial charge < -0.3 is 43.2 Å². The summed E-state index contributed by atoms with van der Waals surface area (Å²) in [5.74, 6) is -3.21. The van der Waals surface area contributed by atoms with E-state index in [1.54, 1.807) is 13.8 Å². The van der Waals surface area contributed by atoms with Gasteiger partial charge in [-0.05, 0) is 31.1 Å². The van der Waals surface area contributed by atoms with Crippen molar-refractivity contribution in [3.05, 3.63) is 18.2 Å². The Kier molecular flexibility index (Phi) is 13.1. The standard InChI is InChI=1S/C23H41N9O5/c1-12(2)8-16(32-21(35)18(24)13(3)4)19(33)31-17(9-14-10-27-11-29-14)20(34)30-15(22(36)37)6-5-7-28-23(25)26/h10-13,15-18H,5-9,24H2,1-4H3,(H,27,29)(H,30,34)(H,31,33)(H,32,35)(H,36,37)(H4,25,26,28). The molecule has 14 nitrogen and oxygen atoms in total. The van der Waals surface area contributed by atoms with Crippen molar-refractivity contribution in [2.45, 2.75) is 77.5 Å². The van der Waals surface area contributed by atoms with Crippen LogP contribution in [0.5, 0.6) is 0 Å². The molecule has 4 atom stereocenters. The number of aliphatic imine (C=N–C) groups is 1. The summed E-state index contributed by atoms with van der Waals surface area (Å²) in [6, 6.07) is -4.11. The van der Waals surface area contributed by atoms with Gasteiger partial charge >= 0.3 is 5.97 Å². The number of aliphatic carboxylic acids is 1. The third kappa shape index (κ3) is 11.7. The van der Waals surface area contributed by atoms with Crippen molar-refractivity contribution in [3.63, 3.8) is 0 Å². The molecule has 208 valence electrons. The van der Waals surface area contributed by atoms with Crippen molar-refractivity contribution in [1.82, 2.24) is 25.9 Å². The third-order valence-electron chi connectivity index (χ3n) is 5.53. The number of carboxylic acid groups (broad SMARTS) is 1. The van der Waals surface area contributed by atoms with Crippen molar-refractivity contribution in [2.24, 2.45) is 34.0 Å². The topological polar surface area (TPSA) is 244 Å². The number of guanidine groups is 1. The highest BCUT2D eigenvalue weighted by Crippen LogP contribution is 2.09. The van der Waals surface area contributed by atoms with E-state index in [0.29, 0.717) is 18.5 Å². The molecule has 0 saturated heterocycles. The van der Waals surface area contributed by atoms with Crippen molar-refractivity contribution in [1.29, 1.82) is 0 Å². The number of H-pyrrole nitrogens is 1. The maximum Gasteiger partial charge on any atom is 0.326 e. The summed E-state index contributed by atoms with van der Waals surface area (Å²) in [6.45, 7) is 7.57. The van der Waals surface area contributed by atoms with Gasteiger partial charge in [0.25, 0.3) is 0 Å². The predicted molar refractivity (Wildman–Crippen MR) is 138 cm³/mol. The molecule has 11 N–H and O–H groups in total. The molecule has 0 aliphatic carbocycles. The number of aromatic amines is 1. The van der Waals surface area contributed by atoms with E-state index < -0.39 is 47.9 Å². The molecule has 4 unspecified atom stereocenters. The third-order valence-corrected chi connectivity index (χ3v) is 5.53. The Morgan fingerprint density at radius 3 is 2.11 bits per heavy atom. The average Bonchev–Trinajstić information content (AvgIpc) is 3.31. The van der Waals surface area contributed by atoms with Crippen LogP contribution >= 0.6 is 0 Å². The zero-order valence-electron chi connectivity index (χ0n) is 21.9. The number of aromatic nitrogens is 2. The first kappa shape index (κ1) is 31.4. The first-order valence-electron chi connectivity index (χ1n) is 12.2. The summed E-state index contributed by atoms with van der Waals surface area (Å²) >= 11 is 0. The Hall–Kier alpha value is -3.68. The van der Waals surface area contributed by atoms with Gasteiger partial charge in [-0.1, -0.05) is 27.7 Å². The Labute approximate surface area is 216 Å². The molecule has 0 radical (unpaired) electrons. The number of amides is 3. The molecule has 0 fully saturated rings. The zero-order valence-corrected chi connectivity index (χ0v) is 21.9. The lowest BCUT2D eigenvalue weighted by atomic mass is 10.00. The quantitative estimate of drug-likeness (QED) is 0.0718. The van der Waals surface area contributed by atoms with E-state index in [9.17, 15) is 24.3 Å². The molecule has 0 aliphatic heterocycles. The normalized spacial score (nSPS) is 14.4. The highest BCUT2D eigenvalue weighted by atomic mass is 16.4. The fourth-order valence-corrected chi connectivity index (χ4v) is 3.40. The number of carbonyl (C=O) groups is 4. The number of hydrogen-bond acceptors (Lipinski definition) is 7. The van der Waals surface area contributed by atoms with Crippen molar-refractivity contribution in [2.75, 3.05) is 6.54 Å². The first-order chi connectivity index (χ1) is 17.3. The van der Waals surface area contributed by atoms with Crippen LogP contribution in [0, 0.1) is 11.8 Å². The van der Waals surface area contributed by atoms with Crippen LogP contribution in [0.25, 0.3) is 0 Å². The fourth-order valence-electron chi connectivity index (χ4n) is 3.40. The minimum absolute atomic E-state index is 0.0196. The largest absolute Gasteiger partial charge is 0.480 e. The van der Waals surface area contributed by atoms with Crippen LogP contribution < -0.4 is 33.2 Å². The minimum atomic E-state index is -1.24. The van der Waals surface area contributed by atoms with Crippen LogP contribution in [0.15, 0.2) is 17.5 Å². The molecule has 0 saturated carbocycles. The Balaban J connectivity index is 3.04. The van der Waals surface area contributed by atoms with Gasteiger partial charge in [-0.3, -0.25) is 19.4 Å². The van der Waals surface area contributed by atoms with Crippen molar-refractivity contribution >= 4 is 29.7 Å². The molecule has 1 aromatic heterocycles. The van der Waals surface area contributed by atoms with E-state index in [0.717, 1.165) is 0 Å². The van der Waals surface area contributed by atoms with E-state index in [1.165, 1.54) is 12.5 Å². The van der Waals surface area contributed by atoms with Gasteiger partial charge in [0.05, 0.1) is 12.4 Å². The van der Waals surface area contributed by atoms with E-state index in [-0.39, 0.29) is 37.2 Å². The van der Waals surface area contributed by atoms with Gasteiger partial charge in [0.15, 0.2) is 5.96 Å². The zero-order chi connectivity index (χ0) is 28.1. The van der Waals surface area contributed by atoms with Gasteiger partial charge in [-0.2, -0.15) is 0 Å². The summed E-state index contributed by atoms with van der Waals surface area (Å²) in [7, 11) is 0. The predicted octanol–water partition coefficient (Wildman–Crippen LogP) is -1.43. The average molecular weight is 524 g/mol. The van der Waals surface area contributed by atoms with Crippen molar-refractivity contribution < 1.29 is 24.3 Å². The Morgan fingerprint density at radius 1 is 1.00 bits per heavy atom. The molecule has 1 heterocycles. The molecule has 0 spiro atoms. The van der Waals surface area contributed by atoms with E-state index in [1.807, 2.05) is 13.8 Å². The number of hydrogen-bond donors (Lipinski definition) is 8. The highest BCUT2D eigenvalue weighted by molar-refractivity contribution is 5.94. The van der Waals surface area contributed by atoms with E-state index in [4.69, 9.17) is 17.2 Å². The fraction of sp³-hybridized carbons (Fsp3) is 0.652. The van der Waals surface area contributed by atoms with Crippen LogP contribution in [0.1, 0.15) is 52.7 Å². The summed E-state index contributed by atoms with van der Waals surface area (Å²) in [4.78, 5) is 61.2. The summed E-state index contributed by atoms with van der Waals surface area (Å²) in [5.41, 5.74) is 17.0. The lowest BCUT2D eigenvalue weighted by molar-refractivity contribution is -0.142. The molecular weight excluding hydrogens is 482 g/mol. The molecule has 0 bridgehead atoms. The van der Waals surface area contributed by atoms with Gasteiger partial charge in [0.1, 0.15) is 18.1 Å². The second-order valence-corrected chi connectivity index (χ2v) is 9.65. The van der Waals surface area contributed by atoms with Crippen LogP contribution in [-0.2, 0) is 25.6 Å². The van der Waals surface area contributed by atoms with E-state index in [2.05, 4.69) is 30.9 Å². The molecule has 1 rings (SSSR count). The molecule has 0 aliphatic rings. The summed E-state index contributed by atoms with van der Waals surface area (Å²) < 4.78 is 0. The number of imidazole rings is 1. The number of nitrogens with zero attached hydrogens (tertiary/aromatic N) is 2. The number of rotatable bonds is 16. The van der Waals surface area contributed by atoms with Crippen LogP contribution in [0.2, 0.25) is 0 Å². The molecule has 37 heavy (non-hydrogen) atoms. The molecule has 0 aromatic carbocycles. The minimum Gasteiger partial charge on any atom is -0.480 e. The van der Waals surface area contributed by atoms with Gasteiger partial charge in [-0.15, -0.1) is 0 Å².